The van der Waals surface area contributed by atoms with Crippen molar-refractivity contribution in [2.24, 2.45) is 5.14 Å². The van der Waals surface area contributed by atoms with Crippen LogP contribution in [-0.4, -0.2) is 26.6 Å². The van der Waals surface area contributed by atoms with Crippen molar-refractivity contribution >= 4 is 50.6 Å². The number of rotatable bonds is 6. The Kier molecular flexibility index (Phi) is 5.87. The van der Waals surface area contributed by atoms with Crippen LogP contribution in [0, 0.1) is 0 Å². The van der Waals surface area contributed by atoms with Crippen molar-refractivity contribution in [2.75, 3.05) is 12.3 Å². The van der Waals surface area contributed by atoms with Crippen molar-refractivity contribution in [3.05, 3.63) is 46.3 Å². The van der Waals surface area contributed by atoms with Gasteiger partial charge in [-0.25, -0.2) is 13.6 Å². The molecule has 0 bridgehead atoms. The quantitative estimate of drug-likeness (QED) is 0.599. The molecule has 0 atom stereocenters. The molecule has 3 N–H and O–H groups in total. The van der Waals surface area contributed by atoms with Crippen LogP contribution in [-0.2, 0) is 10.0 Å². The monoisotopic (exact) mass is 376 g/mol. The molecule has 2 aromatic rings. The zero-order valence-corrected chi connectivity index (χ0v) is 14.5. The highest BCUT2D eigenvalue weighted by Crippen LogP contribution is 2.20. The summed E-state index contributed by atoms with van der Waals surface area (Å²) in [4.78, 5) is 12.9. The molecule has 0 saturated carbocycles. The van der Waals surface area contributed by atoms with Gasteiger partial charge < -0.3 is 5.32 Å². The van der Waals surface area contributed by atoms with E-state index in [1.165, 1.54) is 11.4 Å². The van der Waals surface area contributed by atoms with Gasteiger partial charge in [0, 0.05) is 27.6 Å². The molecule has 5 nitrogen and oxygen atoms in total. The number of thiophene rings is 1. The predicted octanol–water partition coefficient (Wildman–Crippen LogP) is 2.57. The minimum atomic E-state index is -3.76. The first-order valence-corrected chi connectivity index (χ1v) is 9.93. The van der Waals surface area contributed by atoms with Crippen LogP contribution < -0.4 is 10.5 Å². The molecule has 2 rings (SSSR count). The van der Waals surface area contributed by atoms with E-state index in [0.717, 1.165) is 16.2 Å². The van der Waals surface area contributed by atoms with Gasteiger partial charge in [-0.15, -0.1) is 23.1 Å². The number of benzene rings is 1. The van der Waals surface area contributed by atoms with E-state index < -0.39 is 10.0 Å². The van der Waals surface area contributed by atoms with E-state index in [0.29, 0.717) is 22.9 Å². The number of sulfonamides is 1. The molecular formula is C13H13ClN2O3S3. The number of thioether (sulfide) groups is 1. The lowest BCUT2D eigenvalue weighted by molar-refractivity contribution is 0.0956. The Morgan fingerprint density at radius 2 is 2.00 bits per heavy atom. The Labute approximate surface area is 141 Å². The van der Waals surface area contributed by atoms with Gasteiger partial charge in [0.25, 0.3) is 5.91 Å². The van der Waals surface area contributed by atoms with Crippen LogP contribution in [0.25, 0.3) is 0 Å². The van der Waals surface area contributed by atoms with Crippen molar-refractivity contribution in [2.45, 2.75) is 9.10 Å². The largest absolute Gasteiger partial charge is 0.351 e. The van der Waals surface area contributed by atoms with Crippen LogP contribution in [0.4, 0.5) is 0 Å². The molecule has 1 heterocycles. The molecule has 0 spiro atoms. The Morgan fingerprint density at radius 1 is 1.32 bits per heavy atom. The number of hydrogen-bond donors (Lipinski definition) is 2. The number of nitrogens with one attached hydrogen (secondary N) is 1. The van der Waals surface area contributed by atoms with Gasteiger partial charge in [-0.2, -0.15) is 0 Å². The van der Waals surface area contributed by atoms with Crippen molar-refractivity contribution in [3.63, 3.8) is 0 Å². The average Bonchev–Trinajstić information content (AvgIpc) is 2.95. The molecule has 0 fully saturated rings. The fraction of sp³-hybridized carbons (Fsp3) is 0.154. The molecule has 0 aliphatic heterocycles. The number of hydrogen-bond acceptors (Lipinski definition) is 5. The summed E-state index contributed by atoms with van der Waals surface area (Å²) in [6.07, 6.45) is 0. The lowest BCUT2D eigenvalue weighted by atomic mass is 10.3. The minimum absolute atomic E-state index is 0.0202. The first kappa shape index (κ1) is 17.3. The number of carbonyl (C=O) groups is 1. The first-order valence-electron chi connectivity index (χ1n) is 6.14. The maximum atomic E-state index is 11.9. The van der Waals surface area contributed by atoms with Crippen LogP contribution in [0.3, 0.4) is 0 Å². The Hall–Kier alpha value is -1.06. The van der Waals surface area contributed by atoms with Gasteiger partial charge in [-0.05, 0) is 30.3 Å². The maximum absolute atomic E-state index is 11.9. The number of primary sulfonamides is 1. The smallest absolute Gasteiger partial charge is 0.252 e. The molecule has 0 unspecified atom stereocenters. The Balaban J connectivity index is 1.80. The van der Waals surface area contributed by atoms with Gasteiger partial charge in [0.15, 0.2) is 0 Å². The fourth-order valence-electron chi connectivity index (χ4n) is 1.55. The zero-order chi connectivity index (χ0) is 16.2. The van der Waals surface area contributed by atoms with Gasteiger partial charge in [0.05, 0.1) is 5.56 Å². The van der Waals surface area contributed by atoms with Crippen molar-refractivity contribution < 1.29 is 13.2 Å². The minimum Gasteiger partial charge on any atom is -0.351 e. The summed E-state index contributed by atoms with van der Waals surface area (Å²) in [6.45, 7) is 0.465. The van der Waals surface area contributed by atoms with E-state index in [1.54, 1.807) is 11.8 Å². The normalized spacial score (nSPS) is 11.4. The summed E-state index contributed by atoms with van der Waals surface area (Å²) in [5, 5.41) is 9.89. The molecule has 0 aliphatic rings. The van der Waals surface area contributed by atoms with E-state index >= 15 is 0 Å². The molecule has 9 heteroatoms. The number of halogens is 1. The van der Waals surface area contributed by atoms with E-state index in [2.05, 4.69) is 5.32 Å². The third-order valence-electron chi connectivity index (χ3n) is 2.59. The first-order chi connectivity index (χ1) is 10.4. The summed E-state index contributed by atoms with van der Waals surface area (Å²) in [5.74, 6) is 0.377. The summed E-state index contributed by atoms with van der Waals surface area (Å²) in [6, 6.07) is 8.71. The summed E-state index contributed by atoms with van der Waals surface area (Å²) >= 11 is 8.32. The zero-order valence-electron chi connectivity index (χ0n) is 11.3. The molecule has 1 aromatic carbocycles. The molecule has 22 heavy (non-hydrogen) atoms. The summed E-state index contributed by atoms with van der Waals surface area (Å²) in [5.41, 5.74) is 0.297. The average molecular weight is 377 g/mol. The Bertz CT molecular complexity index is 757. The summed E-state index contributed by atoms with van der Waals surface area (Å²) in [7, 11) is -3.76. The molecule has 1 aromatic heterocycles. The van der Waals surface area contributed by atoms with Crippen LogP contribution in [0.5, 0.6) is 0 Å². The highest BCUT2D eigenvalue weighted by atomic mass is 35.5. The molecule has 1 amide bonds. The van der Waals surface area contributed by atoms with E-state index in [-0.39, 0.29) is 10.1 Å². The third-order valence-corrected chi connectivity index (χ3v) is 6.24. The number of amides is 1. The van der Waals surface area contributed by atoms with E-state index in [1.807, 2.05) is 24.3 Å². The van der Waals surface area contributed by atoms with Gasteiger partial charge >= 0.3 is 0 Å². The second kappa shape index (κ2) is 7.47. The molecule has 0 radical (unpaired) electrons. The van der Waals surface area contributed by atoms with E-state index in [4.69, 9.17) is 16.7 Å². The summed E-state index contributed by atoms with van der Waals surface area (Å²) < 4.78 is 22.3. The number of nitrogens with two attached hydrogens (primary N) is 1. The van der Waals surface area contributed by atoms with Gasteiger partial charge in [0.2, 0.25) is 10.0 Å². The highest BCUT2D eigenvalue weighted by molar-refractivity contribution is 7.99. The highest BCUT2D eigenvalue weighted by Gasteiger charge is 2.14. The van der Waals surface area contributed by atoms with Crippen LogP contribution in [0.2, 0.25) is 5.02 Å². The van der Waals surface area contributed by atoms with Crippen LogP contribution >= 0.6 is 34.7 Å². The van der Waals surface area contributed by atoms with Crippen molar-refractivity contribution in [1.82, 2.24) is 5.32 Å². The topological polar surface area (TPSA) is 89.3 Å². The van der Waals surface area contributed by atoms with Crippen molar-refractivity contribution in [1.29, 1.82) is 0 Å². The SMILES string of the molecule is NS(=O)(=O)c1cc(C(=O)NCCSc2ccc(Cl)cc2)cs1. The second-order valence-electron chi connectivity index (χ2n) is 4.26. The maximum Gasteiger partial charge on any atom is 0.252 e. The third kappa shape index (κ3) is 4.99. The lowest BCUT2D eigenvalue weighted by Gasteiger charge is -2.04. The van der Waals surface area contributed by atoms with E-state index in [9.17, 15) is 13.2 Å². The fourth-order valence-corrected chi connectivity index (χ4v) is 4.03. The lowest BCUT2D eigenvalue weighted by Crippen LogP contribution is -2.25. The molecule has 0 saturated heterocycles. The predicted molar refractivity (Wildman–Crippen MR) is 90.2 cm³/mol. The molecule has 0 aliphatic carbocycles. The molecule has 118 valence electrons. The standard InChI is InChI=1S/C13H13ClN2O3S3/c14-10-1-3-11(4-2-10)20-6-5-16-13(17)9-7-12(21-8-9)22(15,18)19/h1-4,7-8H,5-6H2,(H,16,17)(H2,15,18,19). The molecular weight excluding hydrogens is 364 g/mol. The van der Waals surface area contributed by atoms with Gasteiger partial charge in [-0.1, -0.05) is 11.6 Å². The Morgan fingerprint density at radius 3 is 2.59 bits per heavy atom. The number of carbonyl (C=O) groups excluding carboxylic acids is 1. The second-order valence-corrected chi connectivity index (χ2v) is 8.56. The van der Waals surface area contributed by atoms with Crippen LogP contribution in [0.1, 0.15) is 10.4 Å². The van der Waals surface area contributed by atoms with Crippen LogP contribution in [0.15, 0.2) is 44.8 Å². The van der Waals surface area contributed by atoms with Gasteiger partial charge in [0.1, 0.15) is 4.21 Å². The van der Waals surface area contributed by atoms with Crippen molar-refractivity contribution in [3.8, 4) is 0 Å². The van der Waals surface area contributed by atoms with Gasteiger partial charge in [-0.3, -0.25) is 4.79 Å².